The monoisotopic (exact) mass is 224 g/mol. The van der Waals surface area contributed by atoms with Crippen LogP contribution in [0, 0.1) is 0 Å². The van der Waals surface area contributed by atoms with Crippen LogP contribution in [-0.4, -0.2) is 11.4 Å². The van der Waals surface area contributed by atoms with Crippen molar-refractivity contribution in [1.82, 2.24) is 0 Å². The van der Waals surface area contributed by atoms with E-state index >= 15 is 0 Å². The molecule has 1 aromatic rings. The van der Waals surface area contributed by atoms with Gasteiger partial charge in [-0.05, 0) is 32.0 Å². The third-order valence-corrected chi connectivity index (χ3v) is 2.57. The molecular weight excluding hydrogens is 212 g/mol. The van der Waals surface area contributed by atoms with E-state index in [4.69, 9.17) is 11.6 Å². The first-order chi connectivity index (χ1) is 6.96. The lowest BCUT2D eigenvalue weighted by Crippen LogP contribution is -2.32. The van der Waals surface area contributed by atoms with E-state index in [2.05, 4.69) is 10.6 Å². The van der Waals surface area contributed by atoms with Crippen molar-refractivity contribution in [1.29, 1.82) is 0 Å². The normalized spacial score (nSPS) is 18.5. The lowest BCUT2D eigenvalue weighted by atomic mass is 10.0. The van der Waals surface area contributed by atoms with Crippen LogP contribution in [0.4, 0.5) is 11.4 Å². The van der Waals surface area contributed by atoms with Crippen LogP contribution in [0.25, 0.3) is 0 Å². The second-order valence-corrected chi connectivity index (χ2v) is 4.86. The van der Waals surface area contributed by atoms with Crippen LogP contribution in [-0.2, 0) is 4.79 Å². The second kappa shape index (κ2) is 3.42. The maximum atomic E-state index is 11.6. The van der Waals surface area contributed by atoms with Gasteiger partial charge >= 0.3 is 0 Å². The van der Waals surface area contributed by atoms with Gasteiger partial charge in [0.25, 0.3) is 0 Å². The molecule has 0 unspecified atom stereocenters. The van der Waals surface area contributed by atoms with Gasteiger partial charge in [0, 0.05) is 17.0 Å². The summed E-state index contributed by atoms with van der Waals surface area (Å²) in [6.45, 7) is 3.99. The summed E-state index contributed by atoms with van der Waals surface area (Å²) in [5.41, 5.74) is 1.43. The summed E-state index contributed by atoms with van der Waals surface area (Å²) >= 11 is 5.87. The van der Waals surface area contributed by atoms with Crippen molar-refractivity contribution in [2.24, 2.45) is 0 Å². The maximum absolute atomic E-state index is 11.6. The van der Waals surface area contributed by atoms with Gasteiger partial charge in [-0.15, -0.1) is 0 Å². The number of hydrogen-bond acceptors (Lipinski definition) is 2. The van der Waals surface area contributed by atoms with E-state index in [0.29, 0.717) is 11.4 Å². The topological polar surface area (TPSA) is 41.1 Å². The van der Waals surface area contributed by atoms with Crippen molar-refractivity contribution in [2.45, 2.75) is 25.8 Å². The fraction of sp³-hybridized carbons (Fsp3) is 0.364. The zero-order chi connectivity index (χ0) is 11.1. The van der Waals surface area contributed by atoms with Gasteiger partial charge in [0.1, 0.15) is 0 Å². The summed E-state index contributed by atoms with van der Waals surface area (Å²) in [4.78, 5) is 11.6. The quantitative estimate of drug-likeness (QED) is 0.712. The van der Waals surface area contributed by atoms with Crippen molar-refractivity contribution in [2.75, 3.05) is 10.6 Å². The highest BCUT2D eigenvalue weighted by atomic mass is 35.5. The molecule has 0 aliphatic carbocycles. The molecule has 0 saturated carbocycles. The Bertz CT molecular complexity index is 415. The Morgan fingerprint density at radius 1 is 1.33 bits per heavy atom. The molecule has 0 spiro atoms. The van der Waals surface area contributed by atoms with Crippen LogP contribution in [0.1, 0.15) is 20.3 Å². The number of anilines is 2. The summed E-state index contributed by atoms with van der Waals surface area (Å²) in [6.07, 6.45) is 0.444. The number of halogens is 1. The SMILES string of the molecule is CC1(C)CC(=O)Nc2cc(Cl)ccc2N1. The van der Waals surface area contributed by atoms with Crippen LogP contribution < -0.4 is 10.6 Å². The number of carbonyl (C=O) groups is 1. The highest BCUT2D eigenvalue weighted by Gasteiger charge is 2.26. The van der Waals surface area contributed by atoms with Crippen LogP contribution in [0.2, 0.25) is 5.02 Å². The second-order valence-electron chi connectivity index (χ2n) is 4.42. The van der Waals surface area contributed by atoms with Crippen molar-refractivity contribution < 1.29 is 4.79 Å². The minimum absolute atomic E-state index is 0.00789. The molecule has 0 bridgehead atoms. The van der Waals surface area contributed by atoms with Gasteiger partial charge < -0.3 is 10.6 Å². The molecule has 15 heavy (non-hydrogen) atoms. The van der Waals surface area contributed by atoms with Crippen LogP contribution in [0.3, 0.4) is 0 Å². The molecule has 4 heteroatoms. The maximum Gasteiger partial charge on any atom is 0.226 e. The van der Waals surface area contributed by atoms with E-state index in [0.717, 1.165) is 11.4 Å². The van der Waals surface area contributed by atoms with Gasteiger partial charge in [-0.3, -0.25) is 4.79 Å². The number of amides is 1. The predicted octanol–water partition coefficient (Wildman–Crippen LogP) is 2.87. The van der Waals surface area contributed by atoms with E-state index in [-0.39, 0.29) is 11.4 Å². The van der Waals surface area contributed by atoms with E-state index < -0.39 is 0 Å². The van der Waals surface area contributed by atoms with Crippen molar-refractivity contribution >= 4 is 28.9 Å². The average Bonchev–Trinajstić information content (AvgIpc) is 2.18. The largest absolute Gasteiger partial charge is 0.378 e. The van der Waals surface area contributed by atoms with E-state index in [1.165, 1.54) is 0 Å². The summed E-state index contributed by atoms with van der Waals surface area (Å²) < 4.78 is 0. The highest BCUT2D eigenvalue weighted by molar-refractivity contribution is 6.31. The van der Waals surface area contributed by atoms with E-state index in [1.807, 2.05) is 19.9 Å². The molecule has 0 saturated heterocycles. The molecule has 80 valence electrons. The minimum Gasteiger partial charge on any atom is -0.378 e. The van der Waals surface area contributed by atoms with Crippen molar-refractivity contribution in [3.63, 3.8) is 0 Å². The zero-order valence-corrected chi connectivity index (χ0v) is 9.48. The molecule has 3 nitrogen and oxygen atoms in total. The Morgan fingerprint density at radius 3 is 2.80 bits per heavy atom. The fourth-order valence-electron chi connectivity index (χ4n) is 1.73. The fourth-order valence-corrected chi connectivity index (χ4v) is 1.91. The number of rotatable bonds is 0. The molecule has 0 fully saturated rings. The predicted molar refractivity (Wildman–Crippen MR) is 62.4 cm³/mol. The summed E-state index contributed by atoms with van der Waals surface area (Å²) in [7, 11) is 0. The zero-order valence-electron chi connectivity index (χ0n) is 8.73. The van der Waals surface area contributed by atoms with E-state index in [9.17, 15) is 4.79 Å². The van der Waals surface area contributed by atoms with Gasteiger partial charge in [0.2, 0.25) is 5.91 Å². The molecule has 1 aromatic carbocycles. The number of fused-ring (bicyclic) bond motifs is 1. The summed E-state index contributed by atoms with van der Waals surface area (Å²) in [5, 5.41) is 6.77. The standard InChI is InChI=1S/C11H13ClN2O/c1-11(2)6-10(15)13-9-5-7(12)3-4-8(9)14-11/h3-5,14H,6H2,1-2H3,(H,13,15). The van der Waals surface area contributed by atoms with Gasteiger partial charge in [0.15, 0.2) is 0 Å². The molecule has 1 aliphatic heterocycles. The van der Waals surface area contributed by atoms with E-state index in [1.54, 1.807) is 12.1 Å². The van der Waals surface area contributed by atoms with Crippen LogP contribution in [0.5, 0.6) is 0 Å². The molecule has 1 aliphatic rings. The number of carbonyl (C=O) groups excluding carboxylic acids is 1. The van der Waals surface area contributed by atoms with Crippen LogP contribution >= 0.6 is 11.6 Å². The molecule has 1 heterocycles. The Labute approximate surface area is 93.8 Å². The Hall–Kier alpha value is -1.22. The Morgan fingerprint density at radius 2 is 2.07 bits per heavy atom. The number of benzene rings is 1. The van der Waals surface area contributed by atoms with Crippen molar-refractivity contribution in [3.8, 4) is 0 Å². The molecule has 1 amide bonds. The third-order valence-electron chi connectivity index (χ3n) is 2.33. The third kappa shape index (κ3) is 2.23. The van der Waals surface area contributed by atoms with Gasteiger partial charge in [-0.25, -0.2) is 0 Å². The Balaban J connectivity index is 2.45. The highest BCUT2D eigenvalue weighted by Crippen LogP contribution is 2.32. The van der Waals surface area contributed by atoms with Crippen LogP contribution in [0.15, 0.2) is 18.2 Å². The molecule has 0 aromatic heterocycles. The Kier molecular flexibility index (Phi) is 2.35. The number of nitrogens with one attached hydrogen (secondary N) is 2. The molecule has 2 N–H and O–H groups in total. The van der Waals surface area contributed by atoms with Gasteiger partial charge in [-0.2, -0.15) is 0 Å². The average molecular weight is 225 g/mol. The van der Waals surface area contributed by atoms with Crippen molar-refractivity contribution in [3.05, 3.63) is 23.2 Å². The van der Waals surface area contributed by atoms with Gasteiger partial charge in [-0.1, -0.05) is 11.6 Å². The first-order valence-electron chi connectivity index (χ1n) is 4.84. The molecule has 2 rings (SSSR count). The molecule has 0 radical (unpaired) electrons. The first kappa shape index (κ1) is 10.3. The smallest absolute Gasteiger partial charge is 0.226 e. The summed E-state index contributed by atoms with van der Waals surface area (Å²) in [5.74, 6) is 0.00789. The number of hydrogen-bond donors (Lipinski definition) is 2. The molecular formula is C11H13ClN2O. The summed E-state index contributed by atoms with van der Waals surface area (Å²) in [6, 6.07) is 5.44. The lowest BCUT2D eigenvalue weighted by Gasteiger charge is -2.24. The lowest BCUT2D eigenvalue weighted by molar-refractivity contribution is -0.116. The minimum atomic E-state index is -0.233. The van der Waals surface area contributed by atoms with Gasteiger partial charge in [0.05, 0.1) is 11.4 Å². The first-order valence-corrected chi connectivity index (χ1v) is 5.22. The molecule has 0 atom stereocenters.